The number of rotatable bonds is 19. The summed E-state index contributed by atoms with van der Waals surface area (Å²) < 4.78 is 0. The molecule has 0 unspecified atom stereocenters. The quantitative estimate of drug-likeness (QED) is 0.0595. The van der Waals surface area contributed by atoms with Crippen LogP contribution in [0.2, 0.25) is 0 Å². The van der Waals surface area contributed by atoms with Gasteiger partial charge in [0, 0.05) is 129 Å². The van der Waals surface area contributed by atoms with Crippen molar-refractivity contribution >= 4 is 165 Å². The number of ketones is 2. The Balaban J connectivity index is 0.000000167. The van der Waals surface area contributed by atoms with Crippen LogP contribution in [0.15, 0.2) is 176 Å². The van der Waals surface area contributed by atoms with E-state index in [1.165, 1.54) is 109 Å². The highest BCUT2D eigenvalue weighted by Crippen LogP contribution is 2.27. The molecule has 2 atom stereocenters. The fraction of sp³-hybridized carbons (Fsp3) is 0.227. The molecule has 32 nitrogen and oxygen atoms in total. The molecule has 8 aliphatic rings. The van der Waals surface area contributed by atoms with Gasteiger partial charge in [-0.25, -0.2) is 29.2 Å². The number of anilines is 4. The second kappa shape index (κ2) is 37.6. The smallest absolute Gasteiger partial charge is 0.363 e. The Kier molecular flexibility index (Phi) is 28.1. The summed E-state index contributed by atoms with van der Waals surface area (Å²) in [5, 5.41) is 0.867. The lowest BCUT2D eigenvalue weighted by Gasteiger charge is -2.24. The van der Waals surface area contributed by atoms with Gasteiger partial charge >= 0.3 is 11.9 Å². The van der Waals surface area contributed by atoms with Gasteiger partial charge in [0.15, 0.2) is 11.6 Å². The Hall–Kier alpha value is -13.2. The molecule has 4 N–H and O–H groups in total. The molecule has 5 aromatic rings. The Morgan fingerprint density at radius 3 is 0.954 bits per heavy atom. The largest absolute Gasteiger partial charge is 0.368 e. The van der Waals surface area contributed by atoms with Gasteiger partial charge < -0.3 is 30.9 Å². The van der Waals surface area contributed by atoms with E-state index in [1.54, 1.807) is 53.1 Å². The number of likely N-dealkylation sites (tertiary alicyclic amines) is 2. The molecule has 0 bridgehead atoms. The first-order valence-corrected chi connectivity index (χ1v) is 35.0. The Morgan fingerprint density at radius 1 is 0.385 bits per heavy atom. The molecule has 109 heavy (non-hydrogen) atoms. The van der Waals surface area contributed by atoms with Crippen molar-refractivity contribution in [3.63, 3.8) is 0 Å². The highest BCUT2D eigenvalue weighted by atomic mass is 32.2. The minimum absolute atomic E-state index is 0.00231. The van der Waals surface area contributed by atoms with Crippen molar-refractivity contribution in [1.29, 1.82) is 0 Å². The van der Waals surface area contributed by atoms with Crippen molar-refractivity contribution in [2.45, 2.75) is 83.1 Å². The maximum Gasteiger partial charge on any atom is 0.363 e. The van der Waals surface area contributed by atoms with E-state index < -0.39 is 83.1 Å². The Morgan fingerprint density at radius 2 is 0.679 bits per heavy atom. The molecule has 0 saturated carbocycles. The molecule has 13 rings (SSSR count). The van der Waals surface area contributed by atoms with Crippen LogP contribution in [-0.2, 0) is 92.1 Å². The minimum atomic E-state index is -0.928. The van der Waals surface area contributed by atoms with Crippen LogP contribution in [0, 0.1) is 0 Å². The molecule has 16 amide bonds. The normalized spacial score (nSPS) is 16.7. The average Bonchev–Trinajstić information content (AvgIpc) is 1.75. The standard InChI is InChI=1S/2C15H10N2O6.C14H18N2O2S.2C12H9NO3.C7H12N2O2S/c2*18-11-4-5-12(19)16(11)10-3-1-2-9(8-10)15(22)23-17-13(20)6-7-14(17)21;15-14(18)12(16-8-4-7-13(16)17)10-19-9-11-5-2-1-3-6-11;2*1-8(14)9-3-2-4-10(7-9)13-11(15)5-6-12(13)16;8-7(11)5(4-12)9-3-1-2-6(9)10/h2*1-5,8H,6-7H2;1-3,5-6,12H,4,7-10H2,(H2,15,18);2*2-7H,1H3;5,12H,1-4H2,(H2,8,11)/t;;12-;;;5-/m..0..0/s1. The molecule has 4 saturated heterocycles. The number of nitrogens with zero attached hydrogens (tertiary/aromatic N) is 8. The molecule has 34 heteroatoms. The fourth-order valence-corrected chi connectivity index (χ4v) is 12.5. The molecule has 0 radical (unpaired) electrons. The summed E-state index contributed by atoms with van der Waals surface area (Å²) in [5.74, 6) is -7.17. The number of carbonyl (C=O) groups is 20. The monoisotopic (exact) mass is 1520 g/mol. The number of hydrogen-bond acceptors (Lipinski definition) is 24. The molecule has 0 aromatic heterocycles. The van der Waals surface area contributed by atoms with Crippen molar-refractivity contribution in [3.8, 4) is 0 Å². The topological polar surface area (TPSA) is 438 Å². The summed E-state index contributed by atoms with van der Waals surface area (Å²) in [5.41, 5.74) is 13.9. The van der Waals surface area contributed by atoms with E-state index in [2.05, 4.69) is 12.6 Å². The van der Waals surface area contributed by atoms with Crippen LogP contribution in [0.4, 0.5) is 22.7 Å². The van der Waals surface area contributed by atoms with E-state index in [-0.39, 0.29) is 95.2 Å². The summed E-state index contributed by atoms with van der Waals surface area (Å²) in [6, 6.07) is 33.1. The predicted octanol–water partition coefficient (Wildman–Crippen LogP) is 4.10. The van der Waals surface area contributed by atoms with Crippen LogP contribution in [0.3, 0.4) is 0 Å². The van der Waals surface area contributed by atoms with Gasteiger partial charge in [-0.05, 0) is 92.9 Å². The Labute approximate surface area is 630 Å². The molecule has 0 aliphatic carbocycles. The molecule has 5 aromatic carbocycles. The first-order chi connectivity index (χ1) is 52.0. The number of thiol groups is 1. The highest BCUT2D eigenvalue weighted by molar-refractivity contribution is 7.98. The van der Waals surface area contributed by atoms with Crippen molar-refractivity contribution in [2.24, 2.45) is 11.5 Å². The zero-order valence-electron chi connectivity index (χ0n) is 58.2. The number of carbonyl (C=O) groups excluding carboxylic acids is 20. The zero-order chi connectivity index (χ0) is 79.3. The van der Waals surface area contributed by atoms with E-state index in [0.717, 1.165) is 62.5 Å². The van der Waals surface area contributed by atoms with Crippen LogP contribution < -0.4 is 31.1 Å². The number of hydroxylamine groups is 4. The number of Topliss-reactive ketones (excluding diaryl/α,β-unsaturated/α-hetero) is 2. The molecular formula is C75H68N10O22S2. The number of imide groups is 6. The first-order valence-electron chi connectivity index (χ1n) is 33.2. The molecule has 8 heterocycles. The number of benzene rings is 5. The van der Waals surface area contributed by atoms with Gasteiger partial charge in [-0.2, -0.15) is 24.4 Å². The summed E-state index contributed by atoms with van der Waals surface area (Å²) in [7, 11) is 0. The highest BCUT2D eigenvalue weighted by Gasteiger charge is 2.37. The van der Waals surface area contributed by atoms with E-state index >= 15 is 0 Å². The summed E-state index contributed by atoms with van der Waals surface area (Å²) in [6.45, 7) is 4.15. The van der Waals surface area contributed by atoms with Gasteiger partial charge in [0.1, 0.15) is 12.1 Å². The van der Waals surface area contributed by atoms with Crippen LogP contribution in [-0.4, -0.2) is 175 Å². The first kappa shape index (κ1) is 81.4. The van der Waals surface area contributed by atoms with E-state index in [0.29, 0.717) is 70.1 Å². The average molecular weight is 1530 g/mol. The molecule has 0 spiro atoms. The maximum absolute atomic E-state index is 12.0. The van der Waals surface area contributed by atoms with E-state index in [9.17, 15) is 95.9 Å². The second-order valence-corrected chi connectivity index (χ2v) is 25.4. The number of hydrogen-bond donors (Lipinski definition) is 3. The van der Waals surface area contributed by atoms with Crippen molar-refractivity contribution < 1.29 is 106 Å². The number of primary amides is 2. The lowest BCUT2D eigenvalue weighted by atomic mass is 10.1. The Bertz CT molecular complexity index is 4400. The third-order valence-electron chi connectivity index (χ3n) is 16.5. The zero-order valence-corrected chi connectivity index (χ0v) is 59.9. The molecular weight excluding hydrogens is 1460 g/mol. The summed E-state index contributed by atoms with van der Waals surface area (Å²) in [6.07, 6.45) is 12.0. The van der Waals surface area contributed by atoms with Crippen molar-refractivity contribution in [3.05, 3.63) is 204 Å². The summed E-state index contributed by atoms with van der Waals surface area (Å²) in [4.78, 5) is 246. The van der Waals surface area contributed by atoms with Crippen LogP contribution >= 0.6 is 24.4 Å². The third-order valence-corrected chi connectivity index (χ3v) is 17.9. The lowest BCUT2D eigenvalue weighted by molar-refractivity contribution is -0.173. The lowest BCUT2D eigenvalue weighted by Crippen LogP contribution is -2.47. The maximum atomic E-state index is 12.0. The number of thioether (sulfide) groups is 1. The number of nitrogens with two attached hydrogens (primary N) is 2. The van der Waals surface area contributed by atoms with E-state index in [1.807, 2.05) is 30.3 Å². The van der Waals surface area contributed by atoms with Gasteiger partial charge in [-0.15, -0.1) is 10.1 Å². The van der Waals surface area contributed by atoms with Gasteiger partial charge in [-0.3, -0.25) is 86.3 Å². The van der Waals surface area contributed by atoms with Crippen LogP contribution in [0.25, 0.3) is 0 Å². The van der Waals surface area contributed by atoms with Crippen molar-refractivity contribution in [1.82, 2.24) is 19.9 Å². The van der Waals surface area contributed by atoms with Crippen LogP contribution in [0.5, 0.6) is 0 Å². The summed E-state index contributed by atoms with van der Waals surface area (Å²) >= 11 is 5.61. The SMILES string of the molecule is CC(=O)c1cccc(N2C(=O)C=CC2=O)c1.CC(=O)c1cccc(N2C(=O)C=CC2=O)c1.NC(=O)[C@H](CS)N1CCCC1=O.NC(=O)[C@H](CSCc1ccccc1)N1CCCC1=O.O=C(ON1C(=O)CCC1=O)c1cccc(N2C(=O)C=CC2=O)c1.O=C(ON1C(=O)CCC1=O)c1cccc(N2C(=O)C=CC2=O)c1. The second-order valence-electron chi connectivity index (χ2n) is 24.0. The van der Waals surface area contributed by atoms with Gasteiger partial charge in [0.2, 0.25) is 23.6 Å². The fourth-order valence-electron chi connectivity index (χ4n) is 11.0. The van der Waals surface area contributed by atoms with E-state index in [4.69, 9.17) is 21.1 Å². The third kappa shape index (κ3) is 21.1. The van der Waals surface area contributed by atoms with Gasteiger partial charge in [-0.1, -0.05) is 66.7 Å². The predicted molar refractivity (Wildman–Crippen MR) is 390 cm³/mol. The van der Waals surface area contributed by atoms with Gasteiger partial charge in [0.05, 0.1) is 33.9 Å². The molecule has 562 valence electrons. The molecule has 4 fully saturated rings. The minimum Gasteiger partial charge on any atom is -0.368 e. The number of amides is 16. The molecule has 8 aliphatic heterocycles. The van der Waals surface area contributed by atoms with Gasteiger partial charge in [0.25, 0.3) is 70.9 Å². The van der Waals surface area contributed by atoms with Crippen molar-refractivity contribution in [2.75, 3.05) is 44.2 Å². The van der Waals surface area contributed by atoms with Crippen LogP contribution in [0.1, 0.15) is 112 Å².